The third kappa shape index (κ3) is 2.45. The predicted octanol–water partition coefficient (Wildman–Crippen LogP) is 2.20. The molecular weight excluding hydrogens is 208 g/mol. The number of aromatic hydroxyl groups is 3. The molecule has 0 aliphatic carbocycles. The molecule has 0 radical (unpaired) electrons. The van der Waals surface area contributed by atoms with Crippen molar-refractivity contribution in [3.8, 4) is 17.2 Å². The van der Waals surface area contributed by atoms with Gasteiger partial charge in [0.25, 0.3) is 0 Å². The zero-order chi connectivity index (χ0) is 12.3. The Labute approximate surface area is 94.2 Å². The van der Waals surface area contributed by atoms with Gasteiger partial charge in [-0.05, 0) is 18.8 Å². The summed E-state index contributed by atoms with van der Waals surface area (Å²) in [5.74, 6) is -0.486. The molecule has 0 unspecified atom stereocenters. The normalized spacial score (nSPS) is 10.7. The van der Waals surface area contributed by atoms with Crippen molar-refractivity contribution in [2.75, 3.05) is 0 Å². The lowest BCUT2D eigenvalue weighted by molar-refractivity contribution is 0.111. The summed E-state index contributed by atoms with van der Waals surface area (Å²) in [5.41, 5.74) is 0.144. The molecule has 0 fully saturated rings. The predicted molar refractivity (Wildman–Crippen MR) is 60.0 cm³/mol. The molecule has 0 aliphatic rings. The molecule has 0 saturated carbocycles. The molecule has 0 spiro atoms. The first-order chi connectivity index (χ1) is 7.47. The maximum atomic E-state index is 10.6. The summed E-state index contributed by atoms with van der Waals surface area (Å²) in [7, 11) is 0. The Balaban J connectivity index is 3.12. The largest absolute Gasteiger partial charge is 0.507 e. The fourth-order valence-corrected chi connectivity index (χ4v) is 1.50. The van der Waals surface area contributed by atoms with E-state index >= 15 is 0 Å². The number of phenolic OH excluding ortho intramolecular Hbond substituents is 3. The molecule has 88 valence electrons. The minimum absolute atomic E-state index is 0.170. The number of benzene rings is 1. The number of aldehydes is 1. The van der Waals surface area contributed by atoms with Crippen LogP contribution in [0.4, 0.5) is 0 Å². The maximum Gasteiger partial charge on any atom is 0.157 e. The number of rotatable bonds is 4. The first kappa shape index (κ1) is 12.4. The van der Waals surface area contributed by atoms with E-state index in [1.807, 2.05) is 13.8 Å². The number of carbonyl (C=O) groups excluding carboxylic acids is 1. The molecule has 1 aromatic rings. The van der Waals surface area contributed by atoms with Crippen molar-refractivity contribution in [1.82, 2.24) is 0 Å². The number of carbonyl (C=O) groups is 1. The highest BCUT2D eigenvalue weighted by Gasteiger charge is 2.16. The van der Waals surface area contributed by atoms with E-state index in [-0.39, 0.29) is 17.1 Å². The van der Waals surface area contributed by atoms with Crippen molar-refractivity contribution < 1.29 is 20.1 Å². The number of hydrogen-bond acceptors (Lipinski definition) is 4. The zero-order valence-electron chi connectivity index (χ0n) is 9.40. The molecule has 0 bridgehead atoms. The van der Waals surface area contributed by atoms with Gasteiger partial charge in [0.1, 0.15) is 17.2 Å². The van der Waals surface area contributed by atoms with Crippen molar-refractivity contribution in [2.45, 2.75) is 26.7 Å². The van der Waals surface area contributed by atoms with Crippen molar-refractivity contribution in [3.05, 3.63) is 17.2 Å². The minimum Gasteiger partial charge on any atom is -0.507 e. The second kappa shape index (κ2) is 4.88. The summed E-state index contributed by atoms with van der Waals surface area (Å²) in [6, 6.07) is 1.08. The Bertz CT molecular complexity index is 396. The van der Waals surface area contributed by atoms with Gasteiger partial charge >= 0.3 is 0 Å². The van der Waals surface area contributed by atoms with Crippen molar-refractivity contribution >= 4 is 6.29 Å². The Morgan fingerprint density at radius 2 is 1.88 bits per heavy atom. The van der Waals surface area contributed by atoms with Gasteiger partial charge in [-0.15, -0.1) is 0 Å². The van der Waals surface area contributed by atoms with Crippen LogP contribution in [0.5, 0.6) is 17.2 Å². The molecule has 1 aromatic carbocycles. The van der Waals surface area contributed by atoms with Gasteiger partial charge in [0.2, 0.25) is 0 Å². The molecule has 0 heterocycles. The molecular formula is C12H16O4. The summed E-state index contributed by atoms with van der Waals surface area (Å²) in [4.78, 5) is 10.6. The van der Waals surface area contributed by atoms with E-state index in [9.17, 15) is 20.1 Å². The van der Waals surface area contributed by atoms with Crippen LogP contribution in [-0.4, -0.2) is 21.6 Å². The quantitative estimate of drug-likeness (QED) is 0.685. The van der Waals surface area contributed by atoms with Crippen LogP contribution in [0.15, 0.2) is 6.07 Å². The molecule has 0 atom stereocenters. The van der Waals surface area contributed by atoms with E-state index in [1.165, 1.54) is 0 Å². The second-order valence-corrected chi connectivity index (χ2v) is 4.21. The fraction of sp³-hybridized carbons (Fsp3) is 0.417. The lowest BCUT2D eigenvalue weighted by Crippen LogP contribution is -1.96. The van der Waals surface area contributed by atoms with E-state index in [0.29, 0.717) is 24.2 Å². The summed E-state index contributed by atoms with van der Waals surface area (Å²) in [6.45, 7) is 4.05. The molecule has 16 heavy (non-hydrogen) atoms. The monoisotopic (exact) mass is 224 g/mol. The van der Waals surface area contributed by atoms with E-state index in [0.717, 1.165) is 12.5 Å². The van der Waals surface area contributed by atoms with Crippen LogP contribution in [-0.2, 0) is 6.42 Å². The highest BCUT2D eigenvalue weighted by Crippen LogP contribution is 2.37. The smallest absolute Gasteiger partial charge is 0.157 e. The molecule has 0 aromatic heterocycles. The lowest BCUT2D eigenvalue weighted by Gasteiger charge is -2.11. The highest BCUT2D eigenvalue weighted by molar-refractivity contribution is 5.85. The summed E-state index contributed by atoms with van der Waals surface area (Å²) < 4.78 is 0. The number of hydrogen-bond donors (Lipinski definition) is 3. The van der Waals surface area contributed by atoms with Gasteiger partial charge in [-0.1, -0.05) is 13.8 Å². The van der Waals surface area contributed by atoms with Crippen LogP contribution in [0, 0.1) is 5.92 Å². The van der Waals surface area contributed by atoms with E-state index in [2.05, 4.69) is 0 Å². The van der Waals surface area contributed by atoms with Gasteiger partial charge in [-0.3, -0.25) is 4.79 Å². The lowest BCUT2D eigenvalue weighted by atomic mass is 9.98. The standard InChI is InChI=1S/C12H16O4/c1-7(2)3-4-8-10(14)5-11(15)9(6-13)12(8)16/h5-7,14-16H,3-4H2,1-2H3. The average Bonchev–Trinajstić information content (AvgIpc) is 2.16. The van der Waals surface area contributed by atoms with Crippen molar-refractivity contribution in [1.29, 1.82) is 0 Å². The Morgan fingerprint density at radius 3 is 2.38 bits per heavy atom. The van der Waals surface area contributed by atoms with Gasteiger partial charge in [0, 0.05) is 11.6 Å². The van der Waals surface area contributed by atoms with Crippen molar-refractivity contribution in [3.63, 3.8) is 0 Å². The average molecular weight is 224 g/mol. The van der Waals surface area contributed by atoms with Gasteiger partial charge in [0.15, 0.2) is 6.29 Å². The van der Waals surface area contributed by atoms with Crippen molar-refractivity contribution in [2.24, 2.45) is 5.92 Å². The second-order valence-electron chi connectivity index (χ2n) is 4.21. The SMILES string of the molecule is CC(C)CCc1c(O)cc(O)c(C=O)c1O. The Kier molecular flexibility index (Phi) is 3.77. The first-order valence-electron chi connectivity index (χ1n) is 5.19. The zero-order valence-corrected chi connectivity index (χ0v) is 9.40. The molecule has 3 N–H and O–H groups in total. The molecule has 1 rings (SSSR count). The van der Waals surface area contributed by atoms with Crippen LogP contribution in [0.1, 0.15) is 36.2 Å². The third-order valence-electron chi connectivity index (χ3n) is 2.49. The summed E-state index contributed by atoms with van der Waals surface area (Å²) in [6.07, 6.45) is 1.63. The van der Waals surface area contributed by atoms with E-state index in [1.54, 1.807) is 0 Å². The molecule has 4 heteroatoms. The van der Waals surface area contributed by atoms with Crippen LogP contribution in [0.25, 0.3) is 0 Å². The maximum absolute atomic E-state index is 10.6. The fourth-order valence-electron chi connectivity index (χ4n) is 1.50. The first-order valence-corrected chi connectivity index (χ1v) is 5.19. The summed E-state index contributed by atoms with van der Waals surface area (Å²) in [5, 5.41) is 28.6. The van der Waals surface area contributed by atoms with Gasteiger partial charge in [-0.25, -0.2) is 0 Å². The van der Waals surface area contributed by atoms with E-state index in [4.69, 9.17) is 0 Å². The molecule has 0 amide bonds. The van der Waals surface area contributed by atoms with Gasteiger partial charge in [-0.2, -0.15) is 0 Å². The third-order valence-corrected chi connectivity index (χ3v) is 2.49. The molecule has 4 nitrogen and oxygen atoms in total. The van der Waals surface area contributed by atoms with Gasteiger partial charge < -0.3 is 15.3 Å². The van der Waals surface area contributed by atoms with Crippen LogP contribution in [0.3, 0.4) is 0 Å². The van der Waals surface area contributed by atoms with Crippen LogP contribution < -0.4 is 0 Å². The van der Waals surface area contributed by atoms with Crippen LogP contribution in [0.2, 0.25) is 0 Å². The van der Waals surface area contributed by atoms with E-state index < -0.39 is 5.75 Å². The van der Waals surface area contributed by atoms with Gasteiger partial charge in [0.05, 0.1) is 5.56 Å². The highest BCUT2D eigenvalue weighted by atomic mass is 16.3. The minimum atomic E-state index is -0.404. The Morgan fingerprint density at radius 1 is 1.25 bits per heavy atom. The summed E-state index contributed by atoms with van der Waals surface area (Å²) >= 11 is 0. The molecule has 0 aliphatic heterocycles. The topological polar surface area (TPSA) is 77.8 Å². The van der Waals surface area contributed by atoms with Crippen LogP contribution >= 0.6 is 0 Å². The molecule has 0 saturated heterocycles. The Hall–Kier alpha value is -1.71. The number of phenols is 3.